The van der Waals surface area contributed by atoms with Gasteiger partial charge < -0.3 is 5.32 Å². The molecule has 8 nitrogen and oxygen atoms in total. The first-order valence-corrected chi connectivity index (χ1v) is 11.1. The summed E-state index contributed by atoms with van der Waals surface area (Å²) in [7, 11) is -3.43. The van der Waals surface area contributed by atoms with Gasteiger partial charge in [-0.25, -0.2) is 17.8 Å². The molecule has 0 atom stereocenters. The van der Waals surface area contributed by atoms with Gasteiger partial charge in [-0.1, -0.05) is 23.7 Å². The molecule has 0 radical (unpaired) electrons. The molecule has 0 aliphatic heterocycles. The average Bonchev–Trinajstić information content (AvgIpc) is 2.95. The van der Waals surface area contributed by atoms with Gasteiger partial charge in [-0.15, -0.1) is 10.2 Å². The summed E-state index contributed by atoms with van der Waals surface area (Å²) in [5.74, 6) is 1.09. The Morgan fingerprint density at radius 3 is 2.31 bits per heavy atom. The highest BCUT2D eigenvalue weighted by Gasteiger charge is 2.12. The Balaban J connectivity index is 1.50. The maximum Gasteiger partial charge on any atom is 0.215 e. The van der Waals surface area contributed by atoms with E-state index in [9.17, 15) is 8.42 Å². The monoisotopic (exact) mass is 434 g/mol. The summed E-state index contributed by atoms with van der Waals surface area (Å²) < 4.78 is 28.6. The van der Waals surface area contributed by atoms with E-state index < -0.39 is 10.0 Å². The normalized spacial score (nSPS) is 11.6. The topological polar surface area (TPSA) is 102 Å². The lowest BCUT2D eigenvalue weighted by Crippen LogP contribution is -2.30. The van der Waals surface area contributed by atoms with E-state index in [-0.39, 0.29) is 12.3 Å². The average molecular weight is 435 g/mol. The number of hydrogen-bond donors (Lipinski definition) is 2. The van der Waals surface area contributed by atoms with Crippen molar-refractivity contribution in [3.63, 3.8) is 0 Å². The predicted molar refractivity (Wildman–Crippen MR) is 114 cm³/mol. The van der Waals surface area contributed by atoms with E-state index in [1.54, 1.807) is 35.0 Å². The summed E-state index contributed by atoms with van der Waals surface area (Å²) in [6.45, 7) is 6.57. The molecular formula is C19H23ClN6O2S. The van der Waals surface area contributed by atoms with Gasteiger partial charge in [0, 0.05) is 23.8 Å². The lowest BCUT2D eigenvalue weighted by atomic mass is 10.2. The minimum Gasteiger partial charge on any atom is -0.367 e. The molecule has 0 aliphatic rings. The van der Waals surface area contributed by atoms with Crippen LogP contribution in [-0.4, -0.2) is 41.5 Å². The Hall–Kier alpha value is -2.49. The van der Waals surface area contributed by atoms with Crippen molar-refractivity contribution >= 4 is 27.4 Å². The van der Waals surface area contributed by atoms with Gasteiger partial charge in [-0.05, 0) is 56.2 Å². The Morgan fingerprint density at radius 1 is 1.00 bits per heavy atom. The lowest BCUT2D eigenvalue weighted by Gasteiger charge is -2.09. The summed E-state index contributed by atoms with van der Waals surface area (Å²) in [4.78, 5) is 0. The van der Waals surface area contributed by atoms with Gasteiger partial charge in [0.25, 0.3) is 0 Å². The first-order chi connectivity index (χ1) is 13.7. The smallest absolute Gasteiger partial charge is 0.215 e. The third-order valence-corrected chi connectivity index (χ3v) is 6.15. The van der Waals surface area contributed by atoms with E-state index in [1.165, 1.54) is 0 Å². The molecule has 0 aliphatic carbocycles. The van der Waals surface area contributed by atoms with Crippen LogP contribution in [0.2, 0.25) is 5.02 Å². The van der Waals surface area contributed by atoms with Crippen molar-refractivity contribution in [1.29, 1.82) is 0 Å². The summed E-state index contributed by atoms with van der Waals surface area (Å²) in [5, 5.41) is 16.4. The second-order valence-corrected chi connectivity index (χ2v) is 8.93. The molecular weight excluding hydrogens is 412 g/mol. The van der Waals surface area contributed by atoms with E-state index >= 15 is 0 Å². The van der Waals surface area contributed by atoms with Gasteiger partial charge in [-0.2, -0.15) is 5.10 Å². The highest BCUT2D eigenvalue weighted by atomic mass is 35.5. The Kier molecular flexibility index (Phi) is 6.51. The van der Waals surface area contributed by atoms with Gasteiger partial charge in [0.1, 0.15) is 5.82 Å². The summed E-state index contributed by atoms with van der Waals surface area (Å²) in [6.07, 6.45) is 0. The van der Waals surface area contributed by atoms with Crippen LogP contribution in [0, 0.1) is 20.8 Å². The molecule has 0 amide bonds. The first kappa shape index (κ1) is 21.2. The van der Waals surface area contributed by atoms with E-state index in [4.69, 9.17) is 11.6 Å². The summed E-state index contributed by atoms with van der Waals surface area (Å²) >= 11 is 5.81. The molecule has 1 aromatic carbocycles. The highest BCUT2D eigenvalue weighted by molar-refractivity contribution is 7.88. The van der Waals surface area contributed by atoms with Crippen LogP contribution in [0.1, 0.15) is 22.5 Å². The van der Waals surface area contributed by atoms with Crippen LogP contribution in [0.15, 0.2) is 36.4 Å². The molecule has 2 N–H and O–H groups in total. The molecule has 29 heavy (non-hydrogen) atoms. The quantitative estimate of drug-likeness (QED) is 0.528. The van der Waals surface area contributed by atoms with Crippen molar-refractivity contribution in [2.45, 2.75) is 26.5 Å². The van der Waals surface area contributed by atoms with Crippen LogP contribution >= 0.6 is 11.6 Å². The molecule has 0 saturated carbocycles. The maximum absolute atomic E-state index is 12.1. The number of anilines is 1. The third-order valence-electron chi connectivity index (χ3n) is 4.54. The van der Waals surface area contributed by atoms with E-state index in [0.29, 0.717) is 28.8 Å². The number of aromatic nitrogens is 4. The van der Waals surface area contributed by atoms with Crippen molar-refractivity contribution in [3.8, 4) is 5.82 Å². The molecule has 2 heterocycles. The molecule has 0 fully saturated rings. The molecule has 0 bridgehead atoms. The van der Waals surface area contributed by atoms with Crippen molar-refractivity contribution in [2.75, 3.05) is 18.4 Å². The summed E-state index contributed by atoms with van der Waals surface area (Å²) in [6, 6.07) is 10.3. The minimum absolute atomic E-state index is 0.0965. The van der Waals surface area contributed by atoms with E-state index in [2.05, 4.69) is 25.3 Å². The van der Waals surface area contributed by atoms with Crippen LogP contribution in [-0.2, 0) is 15.8 Å². The lowest BCUT2D eigenvalue weighted by molar-refractivity contribution is 0.582. The van der Waals surface area contributed by atoms with Crippen molar-refractivity contribution in [3.05, 3.63) is 63.9 Å². The van der Waals surface area contributed by atoms with Gasteiger partial charge in [0.05, 0.1) is 11.4 Å². The molecule has 2 aromatic heterocycles. The van der Waals surface area contributed by atoms with Crippen molar-refractivity contribution in [2.24, 2.45) is 0 Å². The number of benzene rings is 1. The highest BCUT2D eigenvalue weighted by Crippen LogP contribution is 2.15. The van der Waals surface area contributed by atoms with Gasteiger partial charge in [0.15, 0.2) is 5.82 Å². The van der Waals surface area contributed by atoms with Gasteiger partial charge >= 0.3 is 0 Å². The van der Waals surface area contributed by atoms with Crippen molar-refractivity contribution in [1.82, 2.24) is 24.7 Å². The molecule has 10 heteroatoms. The largest absolute Gasteiger partial charge is 0.367 e. The fraction of sp³-hybridized carbons (Fsp3) is 0.316. The minimum atomic E-state index is -3.43. The first-order valence-electron chi connectivity index (χ1n) is 9.08. The second-order valence-electron chi connectivity index (χ2n) is 6.69. The van der Waals surface area contributed by atoms with Gasteiger partial charge in [-0.3, -0.25) is 0 Å². The molecule has 0 unspecified atom stereocenters. The van der Waals surface area contributed by atoms with E-state index in [0.717, 1.165) is 17.0 Å². The SMILES string of the molecule is Cc1nn(-c2ccc(NCCNS(=O)(=O)Cc3ccc(Cl)cc3)nn2)c(C)c1C. The van der Waals surface area contributed by atoms with Crippen LogP contribution < -0.4 is 10.0 Å². The molecule has 3 rings (SSSR count). The number of hydrogen-bond acceptors (Lipinski definition) is 6. The number of sulfonamides is 1. The van der Waals surface area contributed by atoms with E-state index in [1.807, 2.05) is 26.8 Å². The van der Waals surface area contributed by atoms with Crippen molar-refractivity contribution < 1.29 is 8.42 Å². The zero-order valence-corrected chi connectivity index (χ0v) is 18.0. The fourth-order valence-electron chi connectivity index (χ4n) is 2.72. The standard InChI is InChI=1S/C19H23ClN6O2S/c1-13-14(2)25-26(15(13)3)19-9-8-18(23-24-19)21-10-11-22-29(27,28)12-16-4-6-17(20)7-5-16/h4-9,22H,10-12H2,1-3H3,(H,21,23). The van der Waals surface area contributed by atoms with Crippen LogP contribution in [0.4, 0.5) is 5.82 Å². The molecule has 0 spiro atoms. The number of nitrogens with zero attached hydrogens (tertiary/aromatic N) is 4. The number of aryl methyl sites for hydroxylation is 1. The number of halogens is 1. The Bertz CT molecular complexity index is 1080. The number of nitrogens with one attached hydrogen (secondary N) is 2. The predicted octanol–water partition coefficient (Wildman–Crippen LogP) is 2.77. The summed E-state index contributed by atoms with van der Waals surface area (Å²) in [5.41, 5.74) is 3.78. The number of rotatable bonds is 8. The molecule has 154 valence electrons. The van der Waals surface area contributed by atoms with Crippen LogP contribution in [0.3, 0.4) is 0 Å². The zero-order valence-electron chi connectivity index (χ0n) is 16.5. The second kappa shape index (κ2) is 8.89. The molecule has 3 aromatic rings. The van der Waals surface area contributed by atoms with Crippen LogP contribution in [0.25, 0.3) is 5.82 Å². The fourth-order valence-corrected chi connectivity index (χ4v) is 4.00. The molecule has 0 saturated heterocycles. The zero-order chi connectivity index (χ0) is 21.0. The maximum atomic E-state index is 12.1. The van der Waals surface area contributed by atoms with Gasteiger partial charge in [0.2, 0.25) is 10.0 Å². The third kappa shape index (κ3) is 5.53. The van der Waals surface area contributed by atoms with Crippen LogP contribution in [0.5, 0.6) is 0 Å². The Labute approximate surface area is 175 Å². The Morgan fingerprint density at radius 2 is 1.72 bits per heavy atom.